The molecular weight excluding hydrogens is 356 g/mol. The predicted octanol–water partition coefficient (Wildman–Crippen LogP) is 2.08. The predicted molar refractivity (Wildman–Crippen MR) is 75.6 cm³/mol. The number of nitrogens with zero attached hydrogens (tertiary/aromatic N) is 1. The number of halogens is 2. The van der Waals surface area contributed by atoms with Gasteiger partial charge < -0.3 is 5.11 Å². The summed E-state index contributed by atoms with van der Waals surface area (Å²) in [6, 6.07) is 1.40. The van der Waals surface area contributed by atoms with Crippen molar-refractivity contribution in [3.05, 3.63) is 21.9 Å². The Kier molecular flexibility index (Phi) is 4.52. The van der Waals surface area contributed by atoms with E-state index < -0.39 is 15.6 Å². The molecule has 0 amide bonds. The molecule has 1 fully saturated rings. The summed E-state index contributed by atoms with van der Waals surface area (Å²) in [6.07, 6.45) is 4.48. The van der Waals surface area contributed by atoms with Gasteiger partial charge >= 0.3 is 0 Å². The average Bonchev–Trinajstić information content (AvgIpc) is 2.80. The second-order valence-electron chi connectivity index (χ2n) is 4.69. The molecule has 0 saturated heterocycles. The highest BCUT2D eigenvalue weighted by molar-refractivity contribution is 9.10. The Balaban J connectivity index is 2.34. The summed E-state index contributed by atoms with van der Waals surface area (Å²) in [6.45, 7) is -0.217. The van der Waals surface area contributed by atoms with Crippen LogP contribution in [0.5, 0.6) is 0 Å². The minimum absolute atomic E-state index is 0.0803. The van der Waals surface area contributed by atoms with Crippen molar-refractivity contribution in [2.75, 3.05) is 6.61 Å². The average molecular weight is 370 g/mol. The number of rotatable bonds is 4. The van der Waals surface area contributed by atoms with Gasteiger partial charge in [-0.15, -0.1) is 0 Å². The van der Waals surface area contributed by atoms with Crippen molar-refractivity contribution in [3.63, 3.8) is 0 Å². The molecule has 5 nitrogen and oxygen atoms in total. The Morgan fingerprint density at radius 1 is 1.47 bits per heavy atom. The van der Waals surface area contributed by atoms with Crippen LogP contribution in [0.4, 0.5) is 0 Å². The fourth-order valence-electron chi connectivity index (χ4n) is 2.28. The maximum absolute atomic E-state index is 12.4. The quantitative estimate of drug-likeness (QED) is 0.796. The summed E-state index contributed by atoms with van der Waals surface area (Å²) >= 11 is 9.01. The van der Waals surface area contributed by atoms with Crippen molar-refractivity contribution in [1.29, 1.82) is 0 Å². The fraction of sp³-hybridized carbons (Fsp3) is 0.545. The van der Waals surface area contributed by atoms with E-state index in [1.165, 1.54) is 12.3 Å². The molecule has 1 heterocycles. The lowest BCUT2D eigenvalue weighted by Gasteiger charge is -2.27. The highest BCUT2D eigenvalue weighted by Gasteiger charge is 2.38. The lowest BCUT2D eigenvalue weighted by molar-refractivity contribution is 0.185. The van der Waals surface area contributed by atoms with Crippen LogP contribution in [-0.2, 0) is 10.0 Å². The van der Waals surface area contributed by atoms with Crippen molar-refractivity contribution < 1.29 is 13.5 Å². The zero-order valence-electron chi connectivity index (χ0n) is 10.1. The molecule has 0 aromatic carbocycles. The highest BCUT2D eigenvalue weighted by atomic mass is 79.9. The van der Waals surface area contributed by atoms with E-state index in [1.807, 2.05) is 0 Å². The number of pyridine rings is 1. The second kappa shape index (κ2) is 5.65. The molecule has 0 spiro atoms. The van der Waals surface area contributed by atoms with Gasteiger partial charge in [-0.3, -0.25) is 0 Å². The standard InChI is InChI=1S/C11H14BrClN2O3S/c12-8-5-9(10(13)14-6-8)19(17,18)15-11(7-16)3-1-2-4-11/h5-6,15-16H,1-4,7H2. The van der Waals surface area contributed by atoms with Crippen LogP contribution in [-0.4, -0.2) is 30.7 Å². The maximum Gasteiger partial charge on any atom is 0.244 e. The number of nitrogens with one attached hydrogen (secondary N) is 1. The summed E-state index contributed by atoms with van der Waals surface area (Å²) in [7, 11) is -3.80. The van der Waals surface area contributed by atoms with E-state index in [0.29, 0.717) is 17.3 Å². The summed E-state index contributed by atoms with van der Waals surface area (Å²) in [5.74, 6) is 0. The van der Waals surface area contributed by atoms with Gasteiger partial charge in [-0.1, -0.05) is 24.4 Å². The lowest BCUT2D eigenvalue weighted by atomic mass is 10.0. The number of hydrogen-bond donors (Lipinski definition) is 2. The van der Waals surface area contributed by atoms with Crippen molar-refractivity contribution in [2.45, 2.75) is 36.1 Å². The minimum Gasteiger partial charge on any atom is -0.394 e. The van der Waals surface area contributed by atoms with Gasteiger partial charge in [-0.25, -0.2) is 18.1 Å². The summed E-state index contributed by atoms with van der Waals surface area (Å²) in [4.78, 5) is 3.72. The summed E-state index contributed by atoms with van der Waals surface area (Å²) < 4.78 is 27.8. The van der Waals surface area contributed by atoms with Crippen molar-refractivity contribution >= 4 is 37.6 Å². The molecule has 0 unspecified atom stereocenters. The third-order valence-electron chi connectivity index (χ3n) is 3.28. The lowest BCUT2D eigenvalue weighted by Crippen LogP contribution is -2.49. The van der Waals surface area contributed by atoms with Crippen LogP contribution in [0.3, 0.4) is 0 Å². The van der Waals surface area contributed by atoms with Crippen LogP contribution in [0.15, 0.2) is 21.6 Å². The Labute approximate surface area is 125 Å². The van der Waals surface area contributed by atoms with Crippen LogP contribution in [0.2, 0.25) is 5.15 Å². The van der Waals surface area contributed by atoms with E-state index in [9.17, 15) is 13.5 Å². The molecule has 1 aliphatic rings. The van der Waals surface area contributed by atoms with Gasteiger partial charge in [0.1, 0.15) is 10.0 Å². The molecule has 0 bridgehead atoms. The van der Waals surface area contributed by atoms with Crippen LogP contribution in [0.1, 0.15) is 25.7 Å². The highest BCUT2D eigenvalue weighted by Crippen LogP contribution is 2.32. The normalized spacial score (nSPS) is 18.7. The minimum atomic E-state index is -3.80. The van der Waals surface area contributed by atoms with Crippen molar-refractivity contribution in [2.24, 2.45) is 0 Å². The SMILES string of the molecule is O=S(=O)(NC1(CO)CCCC1)c1cc(Br)cnc1Cl. The monoisotopic (exact) mass is 368 g/mol. The molecule has 0 aliphatic heterocycles. The largest absolute Gasteiger partial charge is 0.394 e. The number of hydrogen-bond acceptors (Lipinski definition) is 4. The van der Waals surface area contributed by atoms with Crippen molar-refractivity contribution in [3.8, 4) is 0 Å². The molecular formula is C11H14BrClN2O3S. The van der Waals surface area contributed by atoms with E-state index in [4.69, 9.17) is 11.6 Å². The van der Waals surface area contributed by atoms with Gasteiger partial charge in [0.25, 0.3) is 0 Å². The van der Waals surface area contributed by atoms with Gasteiger partial charge in [0.2, 0.25) is 10.0 Å². The molecule has 0 radical (unpaired) electrons. The van der Waals surface area contributed by atoms with E-state index >= 15 is 0 Å². The first-order valence-electron chi connectivity index (χ1n) is 5.84. The number of aromatic nitrogens is 1. The van der Waals surface area contributed by atoms with Gasteiger partial charge in [0, 0.05) is 10.7 Å². The molecule has 1 aromatic rings. The van der Waals surface area contributed by atoms with Crippen molar-refractivity contribution in [1.82, 2.24) is 9.71 Å². The molecule has 106 valence electrons. The van der Waals surface area contributed by atoms with Crippen LogP contribution in [0, 0.1) is 0 Å². The van der Waals surface area contributed by atoms with Gasteiger partial charge in [-0.2, -0.15) is 0 Å². The Bertz CT molecular complexity index is 573. The van der Waals surface area contributed by atoms with Crippen LogP contribution in [0.25, 0.3) is 0 Å². The third-order valence-corrected chi connectivity index (χ3v) is 5.72. The molecule has 1 aromatic heterocycles. The summed E-state index contributed by atoms with van der Waals surface area (Å²) in [5.41, 5.74) is -0.773. The second-order valence-corrected chi connectivity index (χ2v) is 7.62. The Morgan fingerprint density at radius 3 is 2.68 bits per heavy atom. The smallest absolute Gasteiger partial charge is 0.244 e. The number of aliphatic hydroxyl groups is 1. The number of sulfonamides is 1. The molecule has 1 saturated carbocycles. The first-order valence-corrected chi connectivity index (χ1v) is 8.50. The third kappa shape index (κ3) is 3.28. The molecule has 1 aliphatic carbocycles. The van der Waals surface area contributed by atoms with Gasteiger partial charge in [0.05, 0.1) is 12.1 Å². The first kappa shape index (κ1) is 15.2. The zero-order chi connectivity index (χ0) is 14.1. The Hall–Kier alpha value is -0.210. The van der Waals surface area contributed by atoms with E-state index in [2.05, 4.69) is 25.6 Å². The van der Waals surface area contributed by atoms with Crippen LogP contribution < -0.4 is 4.72 Å². The molecule has 19 heavy (non-hydrogen) atoms. The Morgan fingerprint density at radius 2 is 2.11 bits per heavy atom. The molecule has 2 rings (SSSR count). The van der Waals surface area contributed by atoms with E-state index in [0.717, 1.165) is 12.8 Å². The summed E-state index contributed by atoms with van der Waals surface area (Å²) in [5, 5.41) is 9.38. The van der Waals surface area contributed by atoms with E-state index in [1.54, 1.807) is 0 Å². The number of aliphatic hydroxyl groups excluding tert-OH is 1. The zero-order valence-corrected chi connectivity index (χ0v) is 13.2. The van der Waals surface area contributed by atoms with E-state index in [-0.39, 0.29) is 16.7 Å². The topological polar surface area (TPSA) is 79.3 Å². The van der Waals surface area contributed by atoms with Crippen LogP contribution >= 0.6 is 27.5 Å². The first-order chi connectivity index (χ1) is 8.88. The van der Waals surface area contributed by atoms with Gasteiger partial charge in [-0.05, 0) is 34.8 Å². The maximum atomic E-state index is 12.4. The molecule has 2 N–H and O–H groups in total. The fourth-order valence-corrected chi connectivity index (χ4v) is 4.67. The van der Waals surface area contributed by atoms with Gasteiger partial charge in [0.15, 0.2) is 0 Å². The molecule has 8 heteroatoms. The molecule has 0 atom stereocenters.